The van der Waals surface area contributed by atoms with E-state index in [0.717, 1.165) is 23.4 Å². The van der Waals surface area contributed by atoms with Gasteiger partial charge in [0.1, 0.15) is 0 Å². The number of aromatic amines is 1. The van der Waals surface area contributed by atoms with E-state index in [9.17, 15) is 18.0 Å². The minimum absolute atomic E-state index is 0.168. The van der Waals surface area contributed by atoms with Crippen LogP contribution in [0.25, 0.3) is 16.7 Å². The first kappa shape index (κ1) is 24.2. The van der Waals surface area contributed by atoms with E-state index < -0.39 is 11.7 Å². The number of anilines is 1. The Hall–Kier alpha value is -4.12. The maximum absolute atomic E-state index is 13.9. The van der Waals surface area contributed by atoms with Gasteiger partial charge in [0.05, 0.1) is 40.1 Å². The van der Waals surface area contributed by atoms with Crippen molar-refractivity contribution in [1.29, 1.82) is 0 Å². The van der Waals surface area contributed by atoms with Gasteiger partial charge in [0.2, 0.25) is 5.95 Å². The molecule has 0 fully saturated rings. The molecule has 192 valence electrons. The first-order chi connectivity index (χ1) is 18.4. The Kier molecular flexibility index (Phi) is 6.15. The Morgan fingerprint density at radius 2 is 1.79 bits per heavy atom. The van der Waals surface area contributed by atoms with Crippen molar-refractivity contribution in [2.45, 2.75) is 30.1 Å². The third kappa shape index (κ3) is 4.65. The number of aromatic nitrogens is 5. The fourth-order valence-electron chi connectivity index (χ4n) is 4.49. The van der Waals surface area contributed by atoms with Crippen LogP contribution in [-0.4, -0.2) is 31.0 Å². The van der Waals surface area contributed by atoms with Gasteiger partial charge in [-0.25, -0.2) is 9.97 Å². The van der Waals surface area contributed by atoms with Gasteiger partial charge in [-0.05, 0) is 48.0 Å². The molecule has 0 saturated heterocycles. The predicted molar refractivity (Wildman–Crippen MR) is 139 cm³/mol. The molecule has 0 spiro atoms. The highest BCUT2D eigenvalue weighted by Crippen LogP contribution is 2.32. The van der Waals surface area contributed by atoms with Gasteiger partial charge in [-0.15, -0.1) is 0 Å². The highest BCUT2D eigenvalue weighted by Gasteiger charge is 2.31. The second kappa shape index (κ2) is 9.64. The molecule has 0 amide bonds. The Morgan fingerprint density at radius 3 is 2.55 bits per heavy atom. The summed E-state index contributed by atoms with van der Waals surface area (Å²) in [6, 6.07) is 16.6. The maximum Gasteiger partial charge on any atom is 0.416 e. The van der Waals surface area contributed by atoms with Crippen molar-refractivity contribution in [3.05, 3.63) is 106 Å². The van der Waals surface area contributed by atoms with Crippen molar-refractivity contribution in [3.63, 3.8) is 0 Å². The number of benzene rings is 2. The summed E-state index contributed by atoms with van der Waals surface area (Å²) < 4.78 is 41.1. The van der Waals surface area contributed by atoms with Gasteiger partial charge in [-0.1, -0.05) is 30.0 Å². The minimum Gasteiger partial charge on any atom is -0.337 e. The van der Waals surface area contributed by atoms with Crippen molar-refractivity contribution < 1.29 is 13.2 Å². The average molecular weight is 535 g/mol. The van der Waals surface area contributed by atoms with Gasteiger partial charge >= 0.3 is 6.18 Å². The highest BCUT2D eigenvalue weighted by molar-refractivity contribution is 7.98. The van der Waals surface area contributed by atoms with Gasteiger partial charge in [0.25, 0.3) is 5.56 Å². The molecule has 4 heterocycles. The van der Waals surface area contributed by atoms with Crippen LogP contribution in [0.2, 0.25) is 0 Å². The molecule has 0 bridgehead atoms. The fourth-order valence-corrected chi connectivity index (χ4v) is 5.47. The zero-order valence-corrected chi connectivity index (χ0v) is 20.8. The molecule has 0 atom stereocenters. The van der Waals surface area contributed by atoms with Crippen LogP contribution in [0.4, 0.5) is 19.1 Å². The number of fused-ring (bicyclic) bond motifs is 2. The number of alkyl halides is 3. The Bertz CT molecular complexity index is 1670. The van der Waals surface area contributed by atoms with Crippen LogP contribution in [0.1, 0.15) is 22.4 Å². The molecule has 5 aromatic rings. The van der Waals surface area contributed by atoms with Crippen molar-refractivity contribution >= 4 is 28.7 Å². The van der Waals surface area contributed by atoms with E-state index in [1.807, 2.05) is 47.4 Å². The van der Waals surface area contributed by atoms with Crippen molar-refractivity contribution in [2.75, 3.05) is 11.4 Å². The van der Waals surface area contributed by atoms with E-state index in [2.05, 4.69) is 15.0 Å². The summed E-state index contributed by atoms with van der Waals surface area (Å²) in [6.45, 7) is 0.768. The van der Waals surface area contributed by atoms with Crippen LogP contribution in [0, 0.1) is 0 Å². The van der Waals surface area contributed by atoms with Crippen LogP contribution in [0.3, 0.4) is 0 Å². The Labute approximate surface area is 219 Å². The smallest absolute Gasteiger partial charge is 0.337 e. The summed E-state index contributed by atoms with van der Waals surface area (Å²) in [5, 5.41) is 0.605. The van der Waals surface area contributed by atoms with Gasteiger partial charge < -0.3 is 9.88 Å². The average Bonchev–Trinajstić information content (AvgIpc) is 3.36. The topological polar surface area (TPSA) is 79.7 Å². The molecule has 3 aromatic heterocycles. The fraction of sp³-hybridized carbons (Fsp3) is 0.185. The van der Waals surface area contributed by atoms with Crippen molar-refractivity contribution in [3.8, 4) is 5.69 Å². The second-order valence-electron chi connectivity index (χ2n) is 8.90. The quantitative estimate of drug-likeness (QED) is 0.241. The first-order valence-corrected chi connectivity index (χ1v) is 12.9. The summed E-state index contributed by atoms with van der Waals surface area (Å²) in [4.78, 5) is 32.2. The maximum atomic E-state index is 13.9. The standard InChI is InChI=1S/C27H21F3N6OS/c28-27(29,30)18-6-7-22-23(14-18)33-25(32-22)35-13-10-21-20(15-35)24(37)36(19-4-2-1-3-5-19)26(34-21)38-16-17-8-11-31-12-9-17/h1-9,11-12,14H,10,13,15-16H2,(H,32,33). The van der Waals surface area contributed by atoms with Crippen LogP contribution >= 0.6 is 11.8 Å². The molecule has 0 aliphatic carbocycles. The van der Waals surface area contributed by atoms with Gasteiger partial charge in [0, 0.05) is 31.1 Å². The summed E-state index contributed by atoms with van der Waals surface area (Å²) in [5.74, 6) is 1.05. The van der Waals surface area contributed by atoms with Gasteiger partial charge in [-0.3, -0.25) is 14.3 Å². The molecular formula is C27H21F3N6OS. The lowest BCUT2D eigenvalue weighted by Crippen LogP contribution is -2.38. The monoisotopic (exact) mass is 534 g/mol. The molecule has 0 saturated carbocycles. The molecule has 1 aliphatic heterocycles. The zero-order valence-electron chi connectivity index (χ0n) is 19.9. The lowest BCUT2D eigenvalue weighted by molar-refractivity contribution is -0.137. The zero-order chi connectivity index (χ0) is 26.3. The van der Waals surface area contributed by atoms with Gasteiger partial charge in [0.15, 0.2) is 5.16 Å². The molecule has 0 unspecified atom stereocenters. The number of halogens is 3. The first-order valence-electron chi connectivity index (χ1n) is 11.9. The molecule has 0 radical (unpaired) electrons. The lowest BCUT2D eigenvalue weighted by Gasteiger charge is -2.28. The molecule has 6 rings (SSSR count). The van der Waals surface area contributed by atoms with E-state index in [-0.39, 0.29) is 12.1 Å². The number of pyridine rings is 1. The summed E-state index contributed by atoms with van der Waals surface area (Å²) >= 11 is 1.49. The third-order valence-electron chi connectivity index (χ3n) is 6.43. The lowest BCUT2D eigenvalue weighted by atomic mass is 10.1. The minimum atomic E-state index is -4.44. The number of imidazole rings is 1. The number of nitrogens with zero attached hydrogens (tertiary/aromatic N) is 5. The van der Waals surface area contributed by atoms with E-state index in [1.165, 1.54) is 17.8 Å². The number of para-hydroxylation sites is 1. The largest absolute Gasteiger partial charge is 0.416 e. The summed E-state index contributed by atoms with van der Waals surface area (Å²) in [6.07, 6.45) is -0.465. The van der Waals surface area contributed by atoms with Crippen molar-refractivity contribution in [2.24, 2.45) is 0 Å². The van der Waals surface area contributed by atoms with Crippen LogP contribution in [0.15, 0.2) is 83.0 Å². The second-order valence-corrected chi connectivity index (χ2v) is 9.84. The summed E-state index contributed by atoms with van der Waals surface area (Å²) in [5.41, 5.74) is 2.88. The van der Waals surface area contributed by atoms with Gasteiger partial charge in [-0.2, -0.15) is 13.2 Å². The molecular weight excluding hydrogens is 513 g/mol. The number of hydrogen-bond donors (Lipinski definition) is 1. The Morgan fingerprint density at radius 1 is 1.00 bits per heavy atom. The van der Waals surface area contributed by atoms with Crippen LogP contribution < -0.4 is 10.5 Å². The normalized spacial score (nSPS) is 13.6. The van der Waals surface area contributed by atoms with E-state index in [4.69, 9.17) is 4.98 Å². The molecule has 2 aromatic carbocycles. The van der Waals surface area contributed by atoms with Crippen molar-refractivity contribution in [1.82, 2.24) is 24.5 Å². The van der Waals surface area contributed by atoms with E-state index in [1.54, 1.807) is 17.0 Å². The number of hydrogen-bond acceptors (Lipinski definition) is 6. The summed E-state index contributed by atoms with van der Waals surface area (Å²) in [7, 11) is 0. The SMILES string of the molecule is O=c1c2c(nc(SCc3ccncc3)n1-c1ccccc1)CCN(c1nc3ccc(C(F)(F)F)cc3[nH]1)C2. The predicted octanol–water partition coefficient (Wildman–Crippen LogP) is 5.38. The van der Waals surface area contributed by atoms with E-state index >= 15 is 0 Å². The molecule has 1 N–H and O–H groups in total. The third-order valence-corrected chi connectivity index (χ3v) is 7.44. The number of thioether (sulfide) groups is 1. The molecule has 38 heavy (non-hydrogen) atoms. The van der Waals surface area contributed by atoms with Crippen LogP contribution in [0.5, 0.6) is 0 Å². The van der Waals surface area contributed by atoms with E-state index in [0.29, 0.717) is 52.1 Å². The van der Waals surface area contributed by atoms with Crippen LogP contribution in [-0.2, 0) is 24.9 Å². The molecule has 7 nitrogen and oxygen atoms in total. The highest BCUT2D eigenvalue weighted by atomic mass is 32.2. The Balaban J connectivity index is 1.36. The molecule has 11 heteroatoms. The number of H-pyrrole nitrogens is 1. The number of rotatable bonds is 5. The number of nitrogens with one attached hydrogen (secondary N) is 1. The molecule has 1 aliphatic rings.